The van der Waals surface area contributed by atoms with Gasteiger partial charge in [-0.25, -0.2) is 0 Å². The SMILES string of the molecule is NC(=S)c1ccc(NCCOC2CCCC2)cc1. The van der Waals surface area contributed by atoms with Crippen LogP contribution in [0.3, 0.4) is 0 Å². The lowest BCUT2D eigenvalue weighted by atomic mass is 10.2. The molecule has 1 aliphatic rings. The second-order valence-electron chi connectivity index (χ2n) is 4.65. The maximum absolute atomic E-state index is 5.78. The van der Waals surface area contributed by atoms with Gasteiger partial charge in [-0.2, -0.15) is 0 Å². The number of nitrogens with one attached hydrogen (secondary N) is 1. The standard InChI is InChI=1S/C14H20N2OS/c15-14(18)11-5-7-12(8-6-11)16-9-10-17-13-3-1-2-4-13/h5-8,13,16H,1-4,9-10H2,(H2,15,18). The number of benzene rings is 1. The number of hydrogen-bond acceptors (Lipinski definition) is 3. The first-order chi connectivity index (χ1) is 8.75. The molecule has 1 aromatic rings. The second kappa shape index (κ2) is 6.71. The van der Waals surface area contributed by atoms with Crippen LogP contribution in [-0.4, -0.2) is 24.2 Å². The van der Waals surface area contributed by atoms with E-state index in [1.54, 1.807) is 0 Å². The van der Waals surface area contributed by atoms with Gasteiger partial charge in [0.05, 0.1) is 12.7 Å². The van der Waals surface area contributed by atoms with Crippen molar-refractivity contribution in [2.45, 2.75) is 31.8 Å². The summed E-state index contributed by atoms with van der Waals surface area (Å²) in [6.07, 6.45) is 5.58. The molecule has 0 spiro atoms. The van der Waals surface area contributed by atoms with E-state index in [0.717, 1.165) is 24.4 Å². The fourth-order valence-electron chi connectivity index (χ4n) is 2.23. The van der Waals surface area contributed by atoms with Crippen molar-refractivity contribution in [3.63, 3.8) is 0 Å². The summed E-state index contributed by atoms with van der Waals surface area (Å²) in [7, 11) is 0. The van der Waals surface area contributed by atoms with Crippen LogP contribution < -0.4 is 11.1 Å². The molecule has 0 atom stereocenters. The van der Waals surface area contributed by atoms with Gasteiger partial charge in [-0.3, -0.25) is 0 Å². The quantitative estimate of drug-likeness (QED) is 0.612. The van der Waals surface area contributed by atoms with Crippen LogP contribution in [0.2, 0.25) is 0 Å². The Hall–Kier alpha value is -1.13. The highest BCUT2D eigenvalue weighted by Crippen LogP contribution is 2.20. The number of ether oxygens (including phenoxy) is 1. The Morgan fingerprint density at radius 1 is 1.28 bits per heavy atom. The third-order valence-electron chi connectivity index (χ3n) is 3.26. The number of rotatable bonds is 6. The summed E-state index contributed by atoms with van der Waals surface area (Å²) >= 11 is 4.91. The van der Waals surface area contributed by atoms with E-state index < -0.39 is 0 Å². The molecular weight excluding hydrogens is 244 g/mol. The van der Waals surface area contributed by atoms with Gasteiger partial charge in [0, 0.05) is 17.8 Å². The molecular formula is C14H20N2OS. The molecule has 0 amide bonds. The zero-order valence-corrected chi connectivity index (χ0v) is 11.3. The summed E-state index contributed by atoms with van der Waals surface area (Å²) in [6.45, 7) is 1.60. The Morgan fingerprint density at radius 2 is 1.94 bits per heavy atom. The van der Waals surface area contributed by atoms with Gasteiger partial charge in [0.25, 0.3) is 0 Å². The van der Waals surface area contributed by atoms with Gasteiger partial charge < -0.3 is 15.8 Å². The van der Waals surface area contributed by atoms with Crippen LogP contribution >= 0.6 is 12.2 Å². The van der Waals surface area contributed by atoms with Crippen molar-refractivity contribution in [3.05, 3.63) is 29.8 Å². The average Bonchev–Trinajstić information content (AvgIpc) is 2.88. The van der Waals surface area contributed by atoms with E-state index in [1.807, 2.05) is 24.3 Å². The van der Waals surface area contributed by atoms with Crippen molar-refractivity contribution in [1.82, 2.24) is 0 Å². The predicted molar refractivity (Wildman–Crippen MR) is 79.0 cm³/mol. The van der Waals surface area contributed by atoms with Crippen molar-refractivity contribution in [2.75, 3.05) is 18.5 Å². The molecule has 1 fully saturated rings. The molecule has 98 valence electrons. The minimum Gasteiger partial charge on any atom is -0.389 e. The number of hydrogen-bond donors (Lipinski definition) is 2. The first kappa shape index (κ1) is 13.3. The molecule has 0 radical (unpaired) electrons. The Balaban J connectivity index is 1.68. The van der Waals surface area contributed by atoms with Gasteiger partial charge in [0.2, 0.25) is 0 Å². The van der Waals surface area contributed by atoms with Gasteiger partial charge >= 0.3 is 0 Å². The molecule has 3 N–H and O–H groups in total. The topological polar surface area (TPSA) is 47.3 Å². The zero-order chi connectivity index (χ0) is 12.8. The van der Waals surface area contributed by atoms with Crippen LogP contribution in [0, 0.1) is 0 Å². The molecule has 18 heavy (non-hydrogen) atoms. The van der Waals surface area contributed by atoms with Gasteiger partial charge in [0.15, 0.2) is 0 Å². The summed E-state index contributed by atoms with van der Waals surface area (Å²) < 4.78 is 5.78. The van der Waals surface area contributed by atoms with Gasteiger partial charge in [-0.15, -0.1) is 0 Å². The van der Waals surface area contributed by atoms with Crippen molar-refractivity contribution >= 4 is 22.9 Å². The number of thiocarbonyl (C=S) groups is 1. The van der Waals surface area contributed by atoms with E-state index >= 15 is 0 Å². The molecule has 1 aliphatic carbocycles. The monoisotopic (exact) mass is 264 g/mol. The van der Waals surface area contributed by atoms with Crippen LogP contribution in [0.4, 0.5) is 5.69 Å². The Labute approximate surface area is 114 Å². The molecule has 0 heterocycles. The number of nitrogens with two attached hydrogens (primary N) is 1. The van der Waals surface area contributed by atoms with Gasteiger partial charge in [-0.05, 0) is 37.1 Å². The molecule has 0 aromatic heterocycles. The van der Waals surface area contributed by atoms with Crippen molar-refractivity contribution < 1.29 is 4.74 Å². The molecule has 1 aromatic carbocycles. The minimum absolute atomic E-state index is 0.436. The average molecular weight is 264 g/mol. The fraction of sp³-hybridized carbons (Fsp3) is 0.500. The van der Waals surface area contributed by atoms with E-state index in [9.17, 15) is 0 Å². The molecule has 1 saturated carbocycles. The first-order valence-corrected chi connectivity index (χ1v) is 6.92. The lowest BCUT2D eigenvalue weighted by molar-refractivity contribution is 0.0659. The highest BCUT2D eigenvalue weighted by atomic mass is 32.1. The Kier molecular flexibility index (Phi) is 4.96. The normalized spacial score (nSPS) is 15.8. The van der Waals surface area contributed by atoms with Crippen LogP contribution in [0.25, 0.3) is 0 Å². The van der Waals surface area contributed by atoms with E-state index in [4.69, 9.17) is 22.7 Å². The Bertz CT molecular complexity index is 385. The highest BCUT2D eigenvalue weighted by molar-refractivity contribution is 7.80. The maximum atomic E-state index is 5.78. The summed E-state index contributed by atoms with van der Waals surface area (Å²) in [5, 5.41) is 3.33. The van der Waals surface area contributed by atoms with Gasteiger partial charge in [-0.1, -0.05) is 25.1 Å². The van der Waals surface area contributed by atoms with E-state index in [0.29, 0.717) is 11.1 Å². The smallest absolute Gasteiger partial charge is 0.103 e. The highest BCUT2D eigenvalue weighted by Gasteiger charge is 2.14. The predicted octanol–water partition coefficient (Wildman–Crippen LogP) is 2.69. The van der Waals surface area contributed by atoms with Crippen LogP contribution in [-0.2, 0) is 4.74 Å². The summed E-state index contributed by atoms with van der Waals surface area (Å²) in [5.41, 5.74) is 7.52. The third-order valence-corrected chi connectivity index (χ3v) is 3.49. The molecule has 2 rings (SSSR count). The lowest BCUT2D eigenvalue weighted by Crippen LogP contribution is -2.15. The van der Waals surface area contributed by atoms with Crippen molar-refractivity contribution in [1.29, 1.82) is 0 Å². The van der Waals surface area contributed by atoms with Gasteiger partial charge in [0.1, 0.15) is 4.99 Å². The van der Waals surface area contributed by atoms with Crippen LogP contribution in [0.1, 0.15) is 31.2 Å². The lowest BCUT2D eigenvalue weighted by Gasteiger charge is -2.12. The fourth-order valence-corrected chi connectivity index (χ4v) is 2.36. The first-order valence-electron chi connectivity index (χ1n) is 6.51. The molecule has 0 aliphatic heterocycles. The summed E-state index contributed by atoms with van der Waals surface area (Å²) in [4.78, 5) is 0.436. The van der Waals surface area contributed by atoms with Crippen LogP contribution in [0.15, 0.2) is 24.3 Å². The van der Waals surface area contributed by atoms with E-state index in [2.05, 4.69) is 5.32 Å². The molecule has 3 nitrogen and oxygen atoms in total. The van der Waals surface area contributed by atoms with Crippen molar-refractivity contribution in [3.8, 4) is 0 Å². The van der Waals surface area contributed by atoms with Crippen molar-refractivity contribution in [2.24, 2.45) is 5.73 Å². The largest absolute Gasteiger partial charge is 0.389 e. The number of anilines is 1. The summed E-state index contributed by atoms with van der Waals surface area (Å²) in [6, 6.07) is 7.85. The molecule has 0 bridgehead atoms. The minimum atomic E-state index is 0.436. The Morgan fingerprint density at radius 3 is 2.56 bits per heavy atom. The maximum Gasteiger partial charge on any atom is 0.103 e. The van der Waals surface area contributed by atoms with Crippen LogP contribution in [0.5, 0.6) is 0 Å². The van der Waals surface area contributed by atoms with E-state index in [1.165, 1.54) is 25.7 Å². The summed E-state index contributed by atoms with van der Waals surface area (Å²) in [5.74, 6) is 0. The molecule has 0 saturated heterocycles. The van der Waals surface area contributed by atoms with E-state index in [-0.39, 0.29) is 0 Å². The zero-order valence-electron chi connectivity index (χ0n) is 10.5. The molecule has 4 heteroatoms. The second-order valence-corrected chi connectivity index (χ2v) is 5.09. The third kappa shape index (κ3) is 3.96. The molecule has 0 unspecified atom stereocenters.